The fourth-order valence-corrected chi connectivity index (χ4v) is 16.6. The molecule has 1 aliphatic heterocycles. The third-order valence-corrected chi connectivity index (χ3v) is 24.9. The number of anilines is 4. The Balaban J connectivity index is 0.000000260. The number of nitrogens with one attached hydrogen (secondary N) is 9. The Morgan fingerprint density at radius 1 is 0.373 bits per heavy atom. The van der Waals surface area contributed by atoms with Crippen LogP contribution in [-0.2, 0) is 68.3 Å². The highest BCUT2D eigenvalue weighted by Gasteiger charge is 2.34. The average molecular weight is 1840 g/mol. The van der Waals surface area contributed by atoms with Crippen molar-refractivity contribution < 1.29 is 85.2 Å². The van der Waals surface area contributed by atoms with E-state index < -0.39 is 109 Å². The van der Waals surface area contributed by atoms with Crippen LogP contribution in [0, 0.1) is 17.5 Å². The highest BCUT2D eigenvalue weighted by Crippen LogP contribution is 2.38. The number of likely N-dealkylation sites (tertiary alicyclic amines) is 1. The maximum absolute atomic E-state index is 14.1. The predicted molar refractivity (Wildman–Crippen MR) is 472 cm³/mol. The summed E-state index contributed by atoms with van der Waals surface area (Å²) in [5, 5.41) is 26.5. The number of urea groups is 4. The van der Waals surface area contributed by atoms with Crippen molar-refractivity contribution in [3.63, 3.8) is 0 Å². The maximum atomic E-state index is 14.1. The minimum atomic E-state index is -4.37. The van der Waals surface area contributed by atoms with Gasteiger partial charge in [0.25, 0.3) is 63.7 Å². The van der Waals surface area contributed by atoms with Crippen molar-refractivity contribution in [2.45, 2.75) is 205 Å². The largest absolute Gasteiger partial charge is 0.354 e. The normalized spacial score (nSPS) is 12.2. The number of hydrogen-bond acceptors (Lipinski definition) is 20. The van der Waals surface area contributed by atoms with E-state index >= 15 is 0 Å². The fraction of sp³-hybridized carbons (Fsp3) is 0.470. The Morgan fingerprint density at radius 2 is 0.619 bits per heavy atom. The molecule has 1 aliphatic rings. The number of carbonyl (C=O) groups excluding carboxylic acids is 8. The van der Waals surface area contributed by atoms with Crippen LogP contribution in [-0.4, -0.2) is 182 Å². The molecular formula is C83H117F3N20O16S4. The second kappa shape index (κ2) is 43.0. The third-order valence-electron chi connectivity index (χ3n) is 20.1. The molecule has 9 N–H and O–H groups in total. The standard InChI is InChI=1S/C22H32FN5O4S.C21H30FN5O4S.C21H29N5O4S.C19H26FN5O4S/c1-8-28(9-2)21(29)18-12-19(25-27(18)7)33(31,32)26-22(30)24-20-16(13(3)4)10-15(23)11-17(20)14(5)6;1-8-26(6)20(28)17-11-18(24-27(17)7)32(30,31)25-21(29)23-19-15(12(2)3)9-14(22)10-16(19)13(4)5;1-13(2)15-8-6-9-16(14(3)4)19(15)22-21(28)24-31(29,30)18-12-17(25(5)23-18)20(27)26-10-7-11-26;1-10(2)13-7-12(20)8-14(11(3)4)17(13)22-19(27)24-30(28,29)16-9-15(18(26)21-5)25(6)23-16/h10-14H,8-9H2,1-7H3,(H2,24,26,30);9-13H,8H2,1-7H3,(H2,23,25,29);6,8-9,12-14H,7,10-11H2,1-5H3,(H2,22,24,28);7-11H,1-6H3,(H,21,26)(H2,22,24,27). The molecular weight excluding hydrogens is 1720 g/mol. The van der Waals surface area contributed by atoms with Gasteiger partial charge in [-0.15, -0.1) is 0 Å². The van der Waals surface area contributed by atoms with Crippen molar-refractivity contribution in [1.29, 1.82) is 0 Å². The Kier molecular flexibility index (Phi) is 35.2. The van der Waals surface area contributed by atoms with Gasteiger partial charge in [-0.05, 0) is 155 Å². The molecule has 5 heterocycles. The number of sulfonamides is 4. The van der Waals surface area contributed by atoms with Crippen LogP contribution < -0.4 is 45.5 Å². The first-order valence-corrected chi connectivity index (χ1v) is 46.6. The average Bonchev–Trinajstić information content (AvgIpc) is 1.53. The SMILES string of the molecule is CC(C)c1cccc(C(C)C)c1NC(=O)NS(=O)(=O)c1cc(C(=O)N2CCC2)n(C)n1.CCN(C)C(=O)c1cc(S(=O)(=O)NC(=O)Nc2c(C(C)C)cc(F)cc2C(C)C)nn1C.CCN(CC)C(=O)c1cc(S(=O)(=O)NC(=O)Nc2c(C(C)C)cc(F)cc2C(C)C)nn1C.CNC(=O)c1cc(S(=O)(=O)NC(=O)Nc2c(C(C)C)cc(F)cc2C(C)C)nn1C. The van der Waals surface area contributed by atoms with Crippen LogP contribution in [0.25, 0.3) is 0 Å². The lowest BCUT2D eigenvalue weighted by atomic mass is 9.92. The molecule has 126 heavy (non-hydrogen) atoms. The molecule has 0 saturated carbocycles. The Hall–Kier alpha value is -11.7. The van der Waals surface area contributed by atoms with Crippen molar-refractivity contribution in [3.8, 4) is 0 Å². The summed E-state index contributed by atoms with van der Waals surface area (Å²) < 4.78 is 156. The van der Waals surface area contributed by atoms with E-state index in [1.54, 1.807) is 18.9 Å². The number of halogens is 3. The van der Waals surface area contributed by atoms with Crippen molar-refractivity contribution in [2.75, 3.05) is 68.1 Å². The summed E-state index contributed by atoms with van der Waals surface area (Å²) in [6, 6.07) is 14.3. The summed E-state index contributed by atoms with van der Waals surface area (Å²) in [5.74, 6) is -3.29. The molecule has 0 spiro atoms. The number of hydrogen-bond donors (Lipinski definition) is 9. The first kappa shape index (κ1) is 103. The van der Waals surface area contributed by atoms with Gasteiger partial charge in [0.1, 0.15) is 40.2 Å². The van der Waals surface area contributed by atoms with Gasteiger partial charge in [-0.25, -0.2) is 51.2 Å². The lowest BCUT2D eigenvalue weighted by molar-refractivity contribution is 0.0639. The van der Waals surface area contributed by atoms with Crippen LogP contribution in [0.15, 0.2) is 99.0 Å². The molecule has 0 atom stereocenters. The van der Waals surface area contributed by atoms with Gasteiger partial charge in [0, 0.05) is 122 Å². The molecule has 1 saturated heterocycles. The predicted octanol–water partition coefficient (Wildman–Crippen LogP) is 12.9. The van der Waals surface area contributed by atoms with Gasteiger partial charge in [0.15, 0.2) is 20.1 Å². The van der Waals surface area contributed by atoms with E-state index in [1.165, 1.54) is 96.9 Å². The Labute approximate surface area is 734 Å². The van der Waals surface area contributed by atoms with Gasteiger partial charge >= 0.3 is 24.1 Å². The van der Waals surface area contributed by atoms with Gasteiger partial charge < -0.3 is 41.3 Å². The number of nitrogens with zero attached hydrogens (tertiary/aromatic N) is 11. The zero-order chi connectivity index (χ0) is 95.2. The number of para-hydroxylation sites is 1. The minimum Gasteiger partial charge on any atom is -0.354 e. The van der Waals surface area contributed by atoms with Gasteiger partial charge in [-0.1, -0.05) is 129 Å². The number of amides is 12. The van der Waals surface area contributed by atoms with Crippen molar-refractivity contribution in [1.82, 2.24) is 78.0 Å². The van der Waals surface area contributed by atoms with Crippen LogP contribution in [0.4, 0.5) is 55.1 Å². The van der Waals surface area contributed by atoms with Crippen LogP contribution in [0.5, 0.6) is 0 Å². The van der Waals surface area contributed by atoms with Crippen LogP contribution in [0.2, 0.25) is 0 Å². The summed E-state index contributed by atoms with van der Waals surface area (Å²) in [6.45, 7) is 38.2. The van der Waals surface area contributed by atoms with Gasteiger partial charge in [-0.2, -0.15) is 54.1 Å². The molecule has 0 unspecified atom stereocenters. The first-order valence-electron chi connectivity index (χ1n) is 40.7. The molecule has 690 valence electrons. The quantitative estimate of drug-likeness (QED) is 0.0231. The highest BCUT2D eigenvalue weighted by molar-refractivity contribution is 7.90. The van der Waals surface area contributed by atoms with Gasteiger partial charge in [0.2, 0.25) is 0 Å². The van der Waals surface area contributed by atoms with E-state index in [0.29, 0.717) is 88.9 Å². The van der Waals surface area contributed by atoms with E-state index in [1.807, 2.05) is 162 Å². The third kappa shape index (κ3) is 25.8. The number of carbonyl (C=O) groups is 8. The molecule has 8 aromatic rings. The second-order valence-corrected chi connectivity index (χ2v) is 38.7. The van der Waals surface area contributed by atoms with Gasteiger partial charge in [-0.3, -0.25) is 37.9 Å². The zero-order valence-electron chi connectivity index (χ0n) is 75.6. The van der Waals surface area contributed by atoms with Crippen LogP contribution >= 0.6 is 0 Å². The molecule has 4 aromatic carbocycles. The van der Waals surface area contributed by atoms with Crippen LogP contribution in [0.1, 0.15) is 272 Å². The molecule has 0 radical (unpaired) electrons. The lowest BCUT2D eigenvalue weighted by Crippen LogP contribution is -2.42. The maximum Gasteiger partial charge on any atom is 0.333 e. The molecule has 0 bridgehead atoms. The Morgan fingerprint density at radius 3 is 0.865 bits per heavy atom. The Bertz CT molecular complexity index is 5740. The van der Waals surface area contributed by atoms with Crippen LogP contribution in [0.3, 0.4) is 0 Å². The molecule has 4 aromatic heterocycles. The highest BCUT2D eigenvalue weighted by atomic mass is 32.2. The first-order chi connectivity index (χ1) is 58.5. The van der Waals surface area contributed by atoms with Crippen molar-refractivity contribution in [2.24, 2.45) is 28.2 Å². The summed E-state index contributed by atoms with van der Waals surface area (Å²) in [7, 11) is -8.55. The van der Waals surface area contributed by atoms with E-state index in [-0.39, 0.29) is 87.0 Å². The van der Waals surface area contributed by atoms with Crippen molar-refractivity contribution >= 4 is 111 Å². The number of aromatic nitrogens is 8. The summed E-state index contributed by atoms with van der Waals surface area (Å²) in [6.07, 6.45) is 0.923. The van der Waals surface area contributed by atoms with E-state index in [2.05, 4.69) is 47.0 Å². The number of benzene rings is 4. The number of rotatable bonds is 27. The lowest BCUT2D eigenvalue weighted by Gasteiger charge is -2.30. The molecule has 9 rings (SSSR count). The molecule has 0 aliphatic carbocycles. The smallest absolute Gasteiger partial charge is 0.333 e. The van der Waals surface area contributed by atoms with Crippen molar-refractivity contribution in [3.05, 3.63) is 164 Å². The molecule has 1 fully saturated rings. The van der Waals surface area contributed by atoms with E-state index in [0.717, 1.165) is 45.1 Å². The zero-order valence-corrected chi connectivity index (χ0v) is 78.9. The summed E-state index contributed by atoms with van der Waals surface area (Å²) >= 11 is 0. The van der Waals surface area contributed by atoms with Gasteiger partial charge in [0.05, 0.1) is 0 Å². The topological polar surface area (TPSA) is 462 Å². The van der Waals surface area contributed by atoms with E-state index in [4.69, 9.17) is 0 Å². The summed E-state index contributed by atoms with van der Waals surface area (Å²) in [4.78, 5) is 104. The molecule has 36 nitrogen and oxygen atoms in total. The monoisotopic (exact) mass is 1830 g/mol. The second-order valence-electron chi connectivity index (χ2n) is 32.2. The molecule has 12 amide bonds. The fourth-order valence-electron chi connectivity index (χ4n) is 13.0. The van der Waals surface area contributed by atoms with E-state index in [9.17, 15) is 85.2 Å². The summed E-state index contributed by atoms with van der Waals surface area (Å²) in [5.41, 5.74) is 7.16. The molecule has 43 heteroatoms. The minimum absolute atomic E-state index is 0.0148. The number of aryl methyl sites for hydroxylation is 4.